The number of rotatable bonds is 4. The van der Waals surface area contributed by atoms with E-state index in [1.807, 2.05) is 42.5 Å². The number of nitrogens with zero attached hydrogens (tertiary/aromatic N) is 1. The molecule has 3 aromatic carbocycles. The molecule has 1 aromatic heterocycles. The first-order valence-corrected chi connectivity index (χ1v) is 10.7. The zero-order chi connectivity index (χ0) is 21.4. The van der Waals surface area contributed by atoms with Crippen LogP contribution in [0.5, 0.6) is 0 Å². The summed E-state index contributed by atoms with van der Waals surface area (Å²) in [5.74, 6) is 0. The maximum absolute atomic E-state index is 13.2. The second kappa shape index (κ2) is 8.05. The highest BCUT2D eigenvalue weighted by molar-refractivity contribution is 6.31. The highest BCUT2D eigenvalue weighted by atomic mass is 35.5. The third-order valence-electron chi connectivity index (χ3n) is 5.76. The largest absolute Gasteiger partial charge is 0.387 e. The molecule has 1 aliphatic heterocycles. The lowest BCUT2D eigenvalue weighted by atomic mass is 9.91. The Kier molecular flexibility index (Phi) is 5.08. The number of aromatic nitrogens is 1. The van der Waals surface area contributed by atoms with Crippen molar-refractivity contribution in [2.24, 2.45) is 5.16 Å². The van der Waals surface area contributed by atoms with Crippen molar-refractivity contribution in [3.63, 3.8) is 0 Å². The fraction of sp³-hybridized carbons (Fsp3) is 0.154. The molecule has 0 saturated heterocycles. The normalized spacial score (nSPS) is 15.7. The van der Waals surface area contributed by atoms with Crippen molar-refractivity contribution in [2.45, 2.75) is 25.9 Å². The number of H-pyrrole nitrogens is 1. The van der Waals surface area contributed by atoms with E-state index in [4.69, 9.17) is 16.4 Å². The van der Waals surface area contributed by atoms with Crippen molar-refractivity contribution < 1.29 is 4.84 Å². The van der Waals surface area contributed by atoms with E-state index in [0.717, 1.165) is 34.0 Å². The van der Waals surface area contributed by atoms with Crippen LogP contribution in [0.2, 0.25) is 5.02 Å². The number of nitrogens with one attached hydrogen (secondary N) is 1. The van der Waals surface area contributed by atoms with E-state index in [1.165, 1.54) is 5.56 Å². The molecule has 0 spiro atoms. The van der Waals surface area contributed by atoms with Gasteiger partial charge >= 0.3 is 0 Å². The standard InChI is InChI=1S/C26H21ClN2O2/c1-2-16-8-10-17(11-9-16)23-15-22(29-31-23)25-24(18-6-4-3-5-7-18)20-14-19(27)12-13-21(20)28-26(25)30/h3-14,23H,2,15H2,1H3,(H,28,30)/t23-/m1/s1. The first kappa shape index (κ1) is 19.6. The highest BCUT2D eigenvalue weighted by Gasteiger charge is 2.28. The Morgan fingerprint density at radius 2 is 1.81 bits per heavy atom. The molecule has 154 valence electrons. The summed E-state index contributed by atoms with van der Waals surface area (Å²) in [6.45, 7) is 2.13. The summed E-state index contributed by atoms with van der Waals surface area (Å²) in [6.07, 6.45) is 1.31. The Labute approximate surface area is 185 Å². The molecule has 1 aliphatic rings. The van der Waals surface area contributed by atoms with Crippen molar-refractivity contribution >= 4 is 28.2 Å². The highest BCUT2D eigenvalue weighted by Crippen LogP contribution is 2.35. The monoisotopic (exact) mass is 428 g/mol. The molecular formula is C26H21ClN2O2. The fourth-order valence-electron chi connectivity index (χ4n) is 4.12. The molecule has 2 heterocycles. The van der Waals surface area contributed by atoms with Crippen LogP contribution in [0, 0.1) is 0 Å². The van der Waals surface area contributed by atoms with Gasteiger partial charge in [0.1, 0.15) is 0 Å². The van der Waals surface area contributed by atoms with Gasteiger partial charge in [0, 0.05) is 27.9 Å². The van der Waals surface area contributed by atoms with Crippen molar-refractivity contribution in [3.05, 3.63) is 105 Å². The van der Waals surface area contributed by atoms with Gasteiger partial charge in [0.15, 0.2) is 6.10 Å². The molecule has 4 nitrogen and oxygen atoms in total. The van der Waals surface area contributed by atoms with Crippen molar-refractivity contribution in [1.29, 1.82) is 0 Å². The lowest BCUT2D eigenvalue weighted by Crippen LogP contribution is -2.20. The topological polar surface area (TPSA) is 54.5 Å². The predicted molar refractivity (Wildman–Crippen MR) is 126 cm³/mol. The van der Waals surface area contributed by atoms with Gasteiger partial charge in [-0.05, 0) is 41.3 Å². The average molecular weight is 429 g/mol. The van der Waals surface area contributed by atoms with Crippen molar-refractivity contribution in [3.8, 4) is 11.1 Å². The van der Waals surface area contributed by atoms with Crippen LogP contribution in [0.15, 0.2) is 82.7 Å². The minimum absolute atomic E-state index is 0.182. The van der Waals surface area contributed by atoms with E-state index in [9.17, 15) is 4.79 Å². The average Bonchev–Trinajstić information content (AvgIpc) is 3.29. The van der Waals surface area contributed by atoms with Crippen LogP contribution in [-0.4, -0.2) is 10.7 Å². The van der Waals surface area contributed by atoms with Gasteiger partial charge in [0.2, 0.25) is 0 Å². The van der Waals surface area contributed by atoms with E-state index in [1.54, 1.807) is 6.07 Å². The summed E-state index contributed by atoms with van der Waals surface area (Å²) in [5.41, 5.74) is 5.83. The number of pyridine rings is 1. The van der Waals surface area contributed by atoms with Gasteiger partial charge in [-0.2, -0.15) is 0 Å². The molecule has 4 aromatic rings. The number of hydrogen-bond acceptors (Lipinski definition) is 3. The van der Waals surface area contributed by atoms with E-state index in [-0.39, 0.29) is 11.7 Å². The molecule has 0 amide bonds. The predicted octanol–water partition coefficient (Wildman–Crippen LogP) is 6.28. The fourth-order valence-corrected chi connectivity index (χ4v) is 4.29. The van der Waals surface area contributed by atoms with E-state index in [0.29, 0.717) is 22.7 Å². The van der Waals surface area contributed by atoms with Gasteiger partial charge in [-0.25, -0.2) is 0 Å². The molecule has 0 fully saturated rings. The first-order valence-electron chi connectivity index (χ1n) is 10.4. The molecule has 0 aliphatic carbocycles. The first-order chi connectivity index (χ1) is 15.1. The van der Waals surface area contributed by atoms with Crippen LogP contribution in [0.3, 0.4) is 0 Å². The van der Waals surface area contributed by atoms with E-state index in [2.05, 4.69) is 41.3 Å². The molecule has 0 bridgehead atoms. The number of aryl methyl sites for hydroxylation is 1. The molecular weight excluding hydrogens is 408 g/mol. The molecule has 0 radical (unpaired) electrons. The Morgan fingerprint density at radius 3 is 2.55 bits per heavy atom. The van der Waals surface area contributed by atoms with Gasteiger partial charge in [0.25, 0.3) is 5.56 Å². The number of halogens is 1. The van der Waals surface area contributed by atoms with Crippen LogP contribution in [-0.2, 0) is 11.3 Å². The second-order valence-corrected chi connectivity index (χ2v) is 8.13. The quantitative estimate of drug-likeness (QED) is 0.416. The maximum Gasteiger partial charge on any atom is 0.258 e. The minimum Gasteiger partial charge on any atom is -0.387 e. The number of hydrogen-bond donors (Lipinski definition) is 1. The van der Waals surface area contributed by atoms with Gasteiger partial charge in [0.05, 0.1) is 11.3 Å². The third kappa shape index (κ3) is 3.64. The Hall–Kier alpha value is -3.37. The molecule has 5 heteroatoms. The summed E-state index contributed by atoms with van der Waals surface area (Å²) in [4.78, 5) is 22.0. The second-order valence-electron chi connectivity index (χ2n) is 7.69. The molecule has 5 rings (SSSR count). The van der Waals surface area contributed by atoms with Crippen LogP contribution in [0.4, 0.5) is 0 Å². The third-order valence-corrected chi connectivity index (χ3v) is 5.99. The number of benzene rings is 3. The van der Waals surface area contributed by atoms with Crippen LogP contribution < -0.4 is 5.56 Å². The SMILES string of the molecule is CCc1ccc([C@H]2CC(c3c(-c4ccccc4)c4cc(Cl)ccc4[nH]c3=O)=NO2)cc1. The molecule has 31 heavy (non-hydrogen) atoms. The molecule has 1 atom stereocenters. The lowest BCUT2D eigenvalue weighted by molar-refractivity contribution is 0.0857. The Bertz CT molecular complexity index is 1340. The van der Waals surface area contributed by atoms with Crippen molar-refractivity contribution in [1.82, 2.24) is 4.98 Å². The minimum atomic E-state index is -0.209. The van der Waals surface area contributed by atoms with Crippen LogP contribution >= 0.6 is 11.6 Å². The Balaban J connectivity index is 1.63. The number of oxime groups is 1. The molecule has 0 unspecified atom stereocenters. The zero-order valence-corrected chi connectivity index (χ0v) is 17.8. The maximum atomic E-state index is 13.2. The van der Waals surface area contributed by atoms with Gasteiger partial charge in [-0.15, -0.1) is 0 Å². The zero-order valence-electron chi connectivity index (χ0n) is 17.1. The Morgan fingerprint density at radius 1 is 1.03 bits per heavy atom. The van der Waals surface area contributed by atoms with Crippen molar-refractivity contribution in [2.75, 3.05) is 0 Å². The van der Waals surface area contributed by atoms with E-state index < -0.39 is 0 Å². The number of fused-ring (bicyclic) bond motifs is 1. The summed E-state index contributed by atoms with van der Waals surface area (Å²) >= 11 is 6.31. The lowest BCUT2D eigenvalue weighted by Gasteiger charge is -2.13. The van der Waals surface area contributed by atoms with Gasteiger partial charge in [-0.1, -0.05) is 78.3 Å². The van der Waals surface area contributed by atoms with Crippen LogP contribution in [0.1, 0.15) is 36.1 Å². The summed E-state index contributed by atoms with van der Waals surface area (Å²) in [5, 5.41) is 5.84. The summed E-state index contributed by atoms with van der Waals surface area (Å²) in [7, 11) is 0. The smallest absolute Gasteiger partial charge is 0.258 e. The van der Waals surface area contributed by atoms with Gasteiger partial charge < -0.3 is 9.82 Å². The van der Waals surface area contributed by atoms with Gasteiger partial charge in [-0.3, -0.25) is 4.79 Å². The summed E-state index contributed by atoms with van der Waals surface area (Å²) < 4.78 is 0. The van der Waals surface area contributed by atoms with Crippen LogP contribution in [0.25, 0.3) is 22.0 Å². The molecule has 0 saturated carbocycles. The summed E-state index contributed by atoms with van der Waals surface area (Å²) in [6, 6.07) is 23.7. The molecule has 1 N–H and O–H groups in total. The number of aromatic amines is 1. The van der Waals surface area contributed by atoms with E-state index >= 15 is 0 Å².